The molecule has 0 saturated carbocycles. The highest BCUT2D eigenvalue weighted by Gasteiger charge is 2.18. The Morgan fingerprint density at radius 3 is 2.00 bits per heavy atom. The van der Waals surface area contributed by atoms with E-state index in [0.29, 0.717) is 11.5 Å². The predicted molar refractivity (Wildman–Crippen MR) is 117 cm³/mol. The minimum atomic E-state index is 0.519. The molecule has 6 nitrogen and oxygen atoms in total. The molecule has 0 spiro atoms. The number of imidazole rings is 1. The van der Waals surface area contributed by atoms with E-state index in [1.165, 1.54) is 5.56 Å². The van der Waals surface area contributed by atoms with Crippen LogP contribution in [0.3, 0.4) is 0 Å². The van der Waals surface area contributed by atoms with Crippen LogP contribution in [0.1, 0.15) is 0 Å². The Balaban J connectivity index is 1.48. The maximum atomic E-state index is 5.33. The molecule has 0 saturated heterocycles. The lowest BCUT2D eigenvalue weighted by Crippen LogP contribution is -2.00. The number of nitrogens with zero attached hydrogens (tertiary/aromatic N) is 4. The molecule has 0 amide bonds. The van der Waals surface area contributed by atoms with Crippen LogP contribution >= 0.6 is 0 Å². The molecule has 0 radical (unpaired) electrons. The zero-order valence-electron chi connectivity index (χ0n) is 16.3. The highest BCUT2D eigenvalue weighted by atomic mass is 16.3. The number of furan rings is 2. The van der Waals surface area contributed by atoms with Crippen molar-refractivity contribution in [2.45, 2.75) is 0 Å². The van der Waals surface area contributed by atoms with Crippen LogP contribution in [0.2, 0.25) is 0 Å². The molecule has 0 unspecified atom stereocenters. The smallest absolute Gasteiger partial charge is 0.254 e. The van der Waals surface area contributed by atoms with E-state index in [1.807, 2.05) is 40.9 Å². The van der Waals surface area contributed by atoms with Crippen LogP contribution in [0.4, 0.5) is 0 Å². The highest BCUT2D eigenvalue weighted by molar-refractivity contribution is 5.79. The van der Waals surface area contributed by atoms with Crippen molar-refractivity contribution in [1.29, 1.82) is 0 Å². The van der Waals surface area contributed by atoms with Gasteiger partial charge < -0.3 is 8.83 Å². The summed E-state index contributed by atoms with van der Waals surface area (Å²) in [5, 5.41) is 8.78. The van der Waals surface area contributed by atoms with Gasteiger partial charge in [-0.05, 0) is 23.3 Å². The Bertz CT molecular complexity index is 1450. The van der Waals surface area contributed by atoms with Crippen LogP contribution in [0.15, 0.2) is 107 Å². The predicted octanol–water partition coefficient (Wildman–Crippen LogP) is 5.98. The average Bonchev–Trinajstić information content (AvgIpc) is 3.61. The first-order valence-electron chi connectivity index (χ1n) is 9.83. The number of fused-ring (bicyclic) bond motifs is 1. The molecule has 6 rings (SSSR count). The van der Waals surface area contributed by atoms with E-state index in [2.05, 4.69) is 46.6 Å². The maximum Gasteiger partial charge on any atom is 0.254 e. The zero-order valence-corrected chi connectivity index (χ0v) is 16.3. The second-order valence-electron chi connectivity index (χ2n) is 7.16. The second-order valence-corrected chi connectivity index (χ2v) is 7.16. The van der Waals surface area contributed by atoms with E-state index in [1.54, 1.807) is 25.1 Å². The van der Waals surface area contributed by atoms with Crippen LogP contribution in [-0.4, -0.2) is 19.6 Å². The normalized spacial score (nSPS) is 11.2. The van der Waals surface area contributed by atoms with E-state index < -0.39 is 0 Å². The van der Waals surface area contributed by atoms with Crippen molar-refractivity contribution in [3.63, 3.8) is 0 Å². The molecule has 31 heavy (non-hydrogen) atoms. The number of rotatable bonds is 4. The van der Waals surface area contributed by atoms with Crippen molar-refractivity contribution in [2.75, 3.05) is 0 Å². The van der Waals surface area contributed by atoms with Crippen molar-refractivity contribution in [3.05, 3.63) is 98.0 Å². The fourth-order valence-corrected chi connectivity index (χ4v) is 3.73. The topological polar surface area (TPSA) is 69.4 Å². The Morgan fingerprint density at radius 2 is 1.29 bits per heavy atom. The molecule has 4 heterocycles. The van der Waals surface area contributed by atoms with Crippen molar-refractivity contribution in [1.82, 2.24) is 19.6 Å². The first-order chi connectivity index (χ1) is 15.4. The minimum absolute atomic E-state index is 0.519. The molecule has 0 atom stereocenters. The summed E-state index contributed by atoms with van der Waals surface area (Å²) in [4.78, 5) is 4.71. The van der Waals surface area contributed by atoms with E-state index >= 15 is 0 Å². The van der Waals surface area contributed by atoms with Crippen LogP contribution in [0.25, 0.3) is 50.7 Å². The molecule has 6 heteroatoms. The van der Waals surface area contributed by atoms with Gasteiger partial charge in [-0.1, -0.05) is 54.6 Å². The van der Waals surface area contributed by atoms with Gasteiger partial charge in [0.05, 0.1) is 36.4 Å². The third-order valence-electron chi connectivity index (χ3n) is 5.27. The Labute approximate surface area is 177 Å². The van der Waals surface area contributed by atoms with Gasteiger partial charge in [0.2, 0.25) is 0 Å². The first-order valence-corrected chi connectivity index (χ1v) is 9.83. The molecule has 148 valence electrons. The highest BCUT2D eigenvalue weighted by Crippen LogP contribution is 2.32. The van der Waals surface area contributed by atoms with Crippen molar-refractivity contribution in [2.24, 2.45) is 0 Å². The van der Waals surface area contributed by atoms with E-state index in [0.717, 1.165) is 33.6 Å². The summed E-state index contributed by atoms with van der Waals surface area (Å²) in [5.74, 6) is 0.519. The van der Waals surface area contributed by atoms with E-state index in [-0.39, 0.29) is 0 Å². The first kappa shape index (κ1) is 17.4. The molecule has 0 bridgehead atoms. The number of hydrogen-bond acceptors (Lipinski definition) is 5. The lowest BCUT2D eigenvalue weighted by molar-refractivity contribution is 0.567. The number of aromatic nitrogens is 4. The summed E-state index contributed by atoms with van der Waals surface area (Å²) in [7, 11) is 0. The molecule has 2 aromatic carbocycles. The van der Waals surface area contributed by atoms with Gasteiger partial charge in [-0.15, -0.1) is 10.2 Å². The summed E-state index contributed by atoms with van der Waals surface area (Å²) in [6.07, 6.45) is 8.58. The van der Waals surface area contributed by atoms with Crippen LogP contribution in [0.5, 0.6) is 0 Å². The van der Waals surface area contributed by atoms with Crippen molar-refractivity contribution < 1.29 is 8.83 Å². The van der Waals surface area contributed by atoms with Gasteiger partial charge >= 0.3 is 0 Å². The van der Waals surface area contributed by atoms with Crippen molar-refractivity contribution >= 4 is 5.78 Å². The molecule has 0 aliphatic heterocycles. The van der Waals surface area contributed by atoms with Crippen LogP contribution < -0.4 is 0 Å². The summed E-state index contributed by atoms with van der Waals surface area (Å²) in [6.45, 7) is 0. The van der Waals surface area contributed by atoms with Gasteiger partial charge in [-0.3, -0.25) is 4.40 Å². The van der Waals surface area contributed by atoms with Crippen molar-refractivity contribution in [3.8, 4) is 44.9 Å². The van der Waals surface area contributed by atoms with Gasteiger partial charge in [0.25, 0.3) is 5.78 Å². The average molecular weight is 404 g/mol. The number of hydrogen-bond donors (Lipinski definition) is 0. The molecular weight excluding hydrogens is 388 g/mol. The maximum absolute atomic E-state index is 5.33. The summed E-state index contributed by atoms with van der Waals surface area (Å²) in [5.41, 5.74) is 7.45. The third-order valence-corrected chi connectivity index (χ3v) is 5.27. The third kappa shape index (κ3) is 3.02. The molecular formula is C25H16N4O2. The summed E-state index contributed by atoms with van der Waals surface area (Å²) in [6, 6.07) is 22.4. The Kier molecular flexibility index (Phi) is 3.99. The SMILES string of the molecule is c1ccc(-c2ccc(-c3cn4c(-c5ccoc5)c(-c5ccoc5)nnc4n3)cc2)cc1. The minimum Gasteiger partial charge on any atom is -0.472 e. The van der Waals surface area contributed by atoms with Gasteiger partial charge in [0, 0.05) is 22.9 Å². The van der Waals surface area contributed by atoms with Crippen LogP contribution in [0, 0.1) is 0 Å². The van der Waals surface area contributed by atoms with Gasteiger partial charge in [-0.25, -0.2) is 4.98 Å². The second kappa shape index (κ2) is 7.11. The summed E-state index contributed by atoms with van der Waals surface area (Å²) >= 11 is 0. The van der Waals surface area contributed by atoms with E-state index in [4.69, 9.17) is 13.8 Å². The zero-order chi connectivity index (χ0) is 20.6. The Morgan fingerprint density at radius 1 is 0.613 bits per heavy atom. The standard InChI is InChI=1S/C25H16N4O2/c1-2-4-17(5-3-1)18-6-8-19(9-7-18)22-14-29-24(21-11-13-31-16-21)23(20-10-12-30-15-20)27-28-25(29)26-22/h1-16H. The molecule has 0 fully saturated rings. The van der Waals surface area contributed by atoms with Crippen LogP contribution in [-0.2, 0) is 0 Å². The monoisotopic (exact) mass is 404 g/mol. The Hall–Kier alpha value is -4.45. The van der Waals surface area contributed by atoms with Gasteiger partial charge in [0.1, 0.15) is 5.69 Å². The molecule has 6 aromatic rings. The van der Waals surface area contributed by atoms with Gasteiger partial charge in [-0.2, -0.15) is 0 Å². The van der Waals surface area contributed by atoms with E-state index in [9.17, 15) is 0 Å². The lowest BCUT2D eigenvalue weighted by atomic mass is 10.0. The fourth-order valence-electron chi connectivity index (χ4n) is 3.73. The largest absolute Gasteiger partial charge is 0.472 e. The number of benzene rings is 2. The fraction of sp³-hybridized carbons (Fsp3) is 0. The van der Waals surface area contributed by atoms with Gasteiger partial charge in [0.15, 0.2) is 0 Å². The molecule has 4 aromatic heterocycles. The summed E-state index contributed by atoms with van der Waals surface area (Å²) < 4.78 is 12.5. The molecule has 0 N–H and O–H groups in total. The lowest BCUT2D eigenvalue weighted by Gasteiger charge is -2.06. The quantitative estimate of drug-likeness (QED) is 0.362. The molecule has 0 aliphatic carbocycles. The molecule has 0 aliphatic rings.